The molecule has 33 heavy (non-hydrogen) atoms. The lowest BCUT2D eigenvalue weighted by atomic mass is 10.2. The Hall–Kier alpha value is -3.07. The van der Waals surface area contributed by atoms with Gasteiger partial charge in [-0.25, -0.2) is 22.7 Å². The van der Waals surface area contributed by atoms with Gasteiger partial charge in [-0.3, -0.25) is 0 Å². The topological polar surface area (TPSA) is 75.6 Å². The smallest absolute Gasteiger partial charge is 0.268 e. The van der Waals surface area contributed by atoms with Crippen LogP contribution in [0.25, 0.3) is 11.0 Å². The summed E-state index contributed by atoms with van der Waals surface area (Å²) < 4.78 is 34.1. The van der Waals surface area contributed by atoms with Crippen LogP contribution in [-0.4, -0.2) is 32.2 Å². The molecule has 10 heteroatoms. The first-order valence-corrected chi connectivity index (χ1v) is 12.2. The standard InChI is InChI=1S/C23H18Cl2N4O3S/c1-32-20-9-5-2-6-15(20)13-28-14-29(33(30,31)21-12-16(24)10-11-17(21)25)23-22(28)26-18-7-3-4-8-19(18)27-23/h2-12H,13-14H2,1H3. The van der Waals surface area contributed by atoms with Crippen LogP contribution >= 0.6 is 23.2 Å². The summed E-state index contributed by atoms with van der Waals surface area (Å²) >= 11 is 12.3. The highest BCUT2D eigenvalue weighted by atomic mass is 35.5. The first kappa shape index (κ1) is 21.8. The van der Waals surface area contributed by atoms with Crippen LogP contribution in [0, 0.1) is 0 Å². The number of ether oxygens (including phenoxy) is 1. The fraction of sp³-hybridized carbons (Fsp3) is 0.130. The number of para-hydroxylation sites is 3. The van der Waals surface area contributed by atoms with Gasteiger partial charge < -0.3 is 9.64 Å². The third-order valence-electron chi connectivity index (χ3n) is 5.38. The zero-order chi connectivity index (χ0) is 23.2. The van der Waals surface area contributed by atoms with E-state index in [4.69, 9.17) is 32.9 Å². The molecule has 0 fully saturated rings. The first-order chi connectivity index (χ1) is 15.9. The molecule has 0 bridgehead atoms. The van der Waals surface area contributed by atoms with E-state index in [1.54, 1.807) is 19.2 Å². The van der Waals surface area contributed by atoms with Crippen molar-refractivity contribution in [2.75, 3.05) is 23.0 Å². The van der Waals surface area contributed by atoms with Crippen molar-refractivity contribution >= 4 is 55.9 Å². The molecule has 0 atom stereocenters. The maximum absolute atomic E-state index is 13.7. The minimum atomic E-state index is -4.07. The van der Waals surface area contributed by atoms with E-state index in [1.807, 2.05) is 47.4 Å². The molecular formula is C23H18Cl2N4O3S. The number of rotatable bonds is 5. The molecular weight excluding hydrogens is 483 g/mol. The van der Waals surface area contributed by atoms with Gasteiger partial charge in [-0.2, -0.15) is 0 Å². The molecule has 7 nitrogen and oxygen atoms in total. The van der Waals surface area contributed by atoms with E-state index in [0.29, 0.717) is 29.1 Å². The van der Waals surface area contributed by atoms with Crippen molar-refractivity contribution in [3.63, 3.8) is 0 Å². The highest BCUT2D eigenvalue weighted by Crippen LogP contribution is 2.40. The zero-order valence-corrected chi connectivity index (χ0v) is 19.8. The minimum Gasteiger partial charge on any atom is -0.496 e. The van der Waals surface area contributed by atoms with Crippen LogP contribution in [0.5, 0.6) is 5.75 Å². The van der Waals surface area contributed by atoms with E-state index >= 15 is 0 Å². The zero-order valence-electron chi connectivity index (χ0n) is 17.4. The molecule has 1 aromatic heterocycles. The highest BCUT2D eigenvalue weighted by Gasteiger charge is 2.39. The van der Waals surface area contributed by atoms with Crippen LogP contribution in [0.1, 0.15) is 5.56 Å². The summed E-state index contributed by atoms with van der Waals surface area (Å²) in [6.45, 7) is 0.383. The van der Waals surface area contributed by atoms with E-state index in [-0.39, 0.29) is 27.4 Å². The molecule has 0 spiro atoms. The Labute approximate surface area is 201 Å². The second-order valence-corrected chi connectivity index (χ2v) is 10.1. The number of fused-ring (bicyclic) bond motifs is 2. The van der Waals surface area contributed by atoms with Crippen LogP contribution in [0.15, 0.2) is 71.6 Å². The molecule has 0 amide bonds. The number of sulfonamides is 1. The lowest BCUT2D eigenvalue weighted by Crippen LogP contribution is -2.35. The summed E-state index contributed by atoms with van der Waals surface area (Å²) in [4.78, 5) is 11.2. The van der Waals surface area contributed by atoms with Crippen molar-refractivity contribution < 1.29 is 13.2 Å². The normalized spacial score (nSPS) is 13.4. The van der Waals surface area contributed by atoms with Gasteiger partial charge in [-0.1, -0.05) is 53.5 Å². The van der Waals surface area contributed by atoms with Gasteiger partial charge in [0.2, 0.25) is 0 Å². The average molecular weight is 501 g/mol. The summed E-state index contributed by atoms with van der Waals surface area (Å²) in [5.74, 6) is 1.40. The fourth-order valence-electron chi connectivity index (χ4n) is 3.80. The van der Waals surface area contributed by atoms with E-state index < -0.39 is 10.0 Å². The molecule has 0 saturated heterocycles. The Kier molecular flexibility index (Phi) is 5.52. The Morgan fingerprint density at radius 3 is 2.33 bits per heavy atom. The van der Waals surface area contributed by atoms with E-state index in [2.05, 4.69) is 4.98 Å². The van der Waals surface area contributed by atoms with Gasteiger partial charge in [0.25, 0.3) is 10.0 Å². The third kappa shape index (κ3) is 3.84. The number of hydrogen-bond acceptors (Lipinski definition) is 6. The maximum Gasteiger partial charge on any atom is 0.268 e. The first-order valence-electron chi connectivity index (χ1n) is 10.00. The van der Waals surface area contributed by atoms with Crippen LogP contribution in [0.3, 0.4) is 0 Å². The lowest BCUT2D eigenvalue weighted by Gasteiger charge is -2.22. The van der Waals surface area contributed by atoms with Gasteiger partial charge in [0, 0.05) is 17.1 Å². The SMILES string of the molecule is COc1ccccc1CN1CN(S(=O)(=O)c2cc(Cl)ccc2Cl)c2nc3ccccc3nc21. The average Bonchev–Trinajstić information content (AvgIpc) is 3.17. The molecule has 0 N–H and O–H groups in total. The second kappa shape index (κ2) is 8.37. The van der Waals surface area contributed by atoms with Gasteiger partial charge >= 0.3 is 0 Å². The van der Waals surface area contributed by atoms with Crippen molar-refractivity contribution in [1.29, 1.82) is 0 Å². The number of aromatic nitrogens is 2. The molecule has 3 aromatic carbocycles. The molecule has 0 radical (unpaired) electrons. The van der Waals surface area contributed by atoms with E-state index in [1.165, 1.54) is 16.4 Å². The van der Waals surface area contributed by atoms with Crippen molar-refractivity contribution in [1.82, 2.24) is 9.97 Å². The Morgan fingerprint density at radius 1 is 0.939 bits per heavy atom. The minimum absolute atomic E-state index is 0.00881. The molecule has 0 unspecified atom stereocenters. The summed E-state index contributed by atoms with van der Waals surface area (Å²) in [7, 11) is -2.47. The maximum atomic E-state index is 13.7. The number of benzene rings is 3. The number of methoxy groups -OCH3 is 1. The van der Waals surface area contributed by atoms with Gasteiger partial charge in [0.15, 0.2) is 11.6 Å². The quantitative estimate of drug-likeness (QED) is 0.378. The van der Waals surface area contributed by atoms with Gasteiger partial charge in [0.05, 0.1) is 23.2 Å². The van der Waals surface area contributed by atoms with Crippen molar-refractivity contribution in [2.24, 2.45) is 0 Å². The number of hydrogen-bond donors (Lipinski definition) is 0. The highest BCUT2D eigenvalue weighted by molar-refractivity contribution is 7.93. The summed E-state index contributed by atoms with van der Waals surface area (Å²) in [5, 5.41) is 0.353. The Bertz CT molecular complexity index is 1480. The summed E-state index contributed by atoms with van der Waals surface area (Å²) in [5.41, 5.74) is 2.15. The fourth-order valence-corrected chi connectivity index (χ4v) is 5.91. The van der Waals surface area contributed by atoms with Crippen LogP contribution < -0.4 is 13.9 Å². The molecule has 0 saturated carbocycles. The van der Waals surface area contributed by atoms with Crippen LogP contribution in [0.2, 0.25) is 10.0 Å². The van der Waals surface area contributed by atoms with E-state index in [9.17, 15) is 8.42 Å². The molecule has 2 heterocycles. The number of halogens is 2. The van der Waals surface area contributed by atoms with Gasteiger partial charge in [-0.15, -0.1) is 0 Å². The third-order valence-corrected chi connectivity index (χ3v) is 7.82. The molecule has 1 aliphatic heterocycles. The van der Waals surface area contributed by atoms with Gasteiger partial charge in [-0.05, 0) is 36.4 Å². The molecule has 1 aliphatic rings. The molecule has 0 aliphatic carbocycles. The Morgan fingerprint density at radius 2 is 1.61 bits per heavy atom. The lowest BCUT2D eigenvalue weighted by molar-refractivity contribution is 0.409. The van der Waals surface area contributed by atoms with E-state index in [0.717, 1.165) is 5.56 Å². The summed E-state index contributed by atoms with van der Waals surface area (Å²) in [6.07, 6.45) is 0. The van der Waals surface area contributed by atoms with Crippen LogP contribution in [-0.2, 0) is 16.6 Å². The van der Waals surface area contributed by atoms with Crippen molar-refractivity contribution in [3.05, 3.63) is 82.3 Å². The molecule has 4 aromatic rings. The van der Waals surface area contributed by atoms with Gasteiger partial charge in [0.1, 0.15) is 17.3 Å². The van der Waals surface area contributed by atoms with Crippen LogP contribution in [0.4, 0.5) is 11.6 Å². The number of nitrogens with zero attached hydrogens (tertiary/aromatic N) is 4. The molecule has 168 valence electrons. The second-order valence-electron chi connectivity index (χ2n) is 7.44. The predicted molar refractivity (Wildman–Crippen MR) is 130 cm³/mol. The monoisotopic (exact) mass is 500 g/mol. The summed E-state index contributed by atoms with van der Waals surface area (Å²) in [6, 6.07) is 19.3. The number of anilines is 2. The van der Waals surface area contributed by atoms with Crippen molar-refractivity contribution in [2.45, 2.75) is 11.4 Å². The van der Waals surface area contributed by atoms with Crippen molar-refractivity contribution in [3.8, 4) is 5.75 Å². The Balaban J connectivity index is 1.65. The molecule has 5 rings (SSSR count). The predicted octanol–water partition coefficient (Wildman–Crippen LogP) is 5.12. The largest absolute Gasteiger partial charge is 0.496 e.